The van der Waals surface area contributed by atoms with Gasteiger partial charge in [0.1, 0.15) is 11.6 Å². The van der Waals surface area contributed by atoms with Gasteiger partial charge in [-0.15, -0.1) is 0 Å². The third kappa shape index (κ3) is 5.06. The lowest BCUT2D eigenvalue weighted by molar-refractivity contribution is -0.142. The number of carbonyl (C=O) groups excluding carboxylic acids is 2. The van der Waals surface area contributed by atoms with E-state index in [2.05, 4.69) is 10.4 Å². The third-order valence-electron chi connectivity index (χ3n) is 3.88. The molecule has 0 aliphatic heterocycles. The Labute approximate surface area is 182 Å². The van der Waals surface area contributed by atoms with Gasteiger partial charge in [0, 0.05) is 21.7 Å². The van der Waals surface area contributed by atoms with E-state index in [0.29, 0.717) is 21.3 Å². The molecule has 0 saturated heterocycles. The molecular weight excluding hydrogens is 427 g/mol. The van der Waals surface area contributed by atoms with Crippen LogP contribution in [0, 0.1) is 11.3 Å². The number of amides is 1. The van der Waals surface area contributed by atoms with Gasteiger partial charge >= 0.3 is 5.97 Å². The zero-order valence-electron chi connectivity index (χ0n) is 15.4. The number of para-hydroxylation sites is 1. The van der Waals surface area contributed by atoms with Crippen molar-refractivity contribution in [2.75, 3.05) is 11.9 Å². The molecule has 30 heavy (non-hydrogen) atoms. The van der Waals surface area contributed by atoms with E-state index in [-0.39, 0.29) is 11.4 Å². The van der Waals surface area contributed by atoms with Gasteiger partial charge in [0.2, 0.25) is 0 Å². The topological polar surface area (TPSA) is 97.0 Å². The van der Waals surface area contributed by atoms with Crippen molar-refractivity contribution in [3.63, 3.8) is 0 Å². The minimum atomic E-state index is -0.752. The van der Waals surface area contributed by atoms with Gasteiger partial charge in [-0.25, -0.2) is 9.48 Å². The summed E-state index contributed by atoms with van der Waals surface area (Å²) in [5.74, 6) is -1.19. The number of carbonyl (C=O) groups is 2. The number of benzene rings is 2. The van der Waals surface area contributed by atoms with Gasteiger partial charge in [-0.3, -0.25) is 4.79 Å². The first kappa shape index (κ1) is 21.1. The standard InChI is InChI=1S/C21H14Cl2N4O3/c22-17-7-4-8-18(23)16(17)9-10-20(29)30-13-19(28)26-21-14(11-24)12-25-27(21)15-5-2-1-3-6-15/h1-10,12H,13H2,(H,26,28)/b10-9+. The first-order chi connectivity index (χ1) is 14.5. The summed E-state index contributed by atoms with van der Waals surface area (Å²) >= 11 is 12.1. The summed E-state index contributed by atoms with van der Waals surface area (Å²) < 4.78 is 6.35. The first-order valence-electron chi connectivity index (χ1n) is 8.62. The van der Waals surface area contributed by atoms with Crippen molar-refractivity contribution in [3.8, 4) is 11.8 Å². The highest BCUT2D eigenvalue weighted by atomic mass is 35.5. The lowest BCUT2D eigenvalue weighted by Crippen LogP contribution is -2.22. The summed E-state index contributed by atoms with van der Waals surface area (Å²) in [6.45, 7) is -0.551. The summed E-state index contributed by atoms with van der Waals surface area (Å²) in [5.41, 5.74) is 1.30. The van der Waals surface area contributed by atoms with Crippen LogP contribution in [0.15, 0.2) is 60.8 Å². The van der Waals surface area contributed by atoms with Crippen LogP contribution < -0.4 is 5.32 Å². The Morgan fingerprint density at radius 2 is 1.83 bits per heavy atom. The normalized spacial score (nSPS) is 10.6. The molecular formula is C21H14Cl2N4O3. The van der Waals surface area contributed by atoms with Crippen molar-refractivity contribution in [2.45, 2.75) is 0 Å². The number of nitrogens with one attached hydrogen (secondary N) is 1. The van der Waals surface area contributed by atoms with Gasteiger partial charge in [-0.05, 0) is 30.3 Å². The van der Waals surface area contributed by atoms with Crippen LogP contribution in [0.4, 0.5) is 5.82 Å². The molecule has 1 aromatic heterocycles. The molecule has 0 radical (unpaired) electrons. The molecule has 0 unspecified atom stereocenters. The second-order valence-electron chi connectivity index (χ2n) is 5.89. The van der Waals surface area contributed by atoms with E-state index < -0.39 is 18.5 Å². The van der Waals surface area contributed by atoms with Crippen LogP contribution in [0.3, 0.4) is 0 Å². The fraction of sp³-hybridized carbons (Fsp3) is 0.0476. The Bertz CT molecular complexity index is 1130. The minimum absolute atomic E-state index is 0.173. The summed E-state index contributed by atoms with van der Waals surface area (Å²) in [6.07, 6.45) is 3.86. The van der Waals surface area contributed by atoms with Crippen molar-refractivity contribution < 1.29 is 14.3 Å². The SMILES string of the molecule is N#Cc1cnn(-c2ccccc2)c1NC(=O)COC(=O)/C=C/c1c(Cl)cccc1Cl. The number of esters is 1. The van der Waals surface area contributed by atoms with E-state index in [1.807, 2.05) is 12.1 Å². The van der Waals surface area contributed by atoms with Crippen LogP contribution in [-0.4, -0.2) is 28.3 Å². The molecule has 0 aliphatic carbocycles. The smallest absolute Gasteiger partial charge is 0.331 e. The highest BCUT2D eigenvalue weighted by molar-refractivity contribution is 6.37. The molecule has 0 atom stereocenters. The Morgan fingerprint density at radius 1 is 1.13 bits per heavy atom. The molecule has 0 fully saturated rings. The van der Waals surface area contributed by atoms with E-state index >= 15 is 0 Å². The van der Waals surface area contributed by atoms with Crippen molar-refractivity contribution in [2.24, 2.45) is 0 Å². The number of hydrogen-bond donors (Lipinski definition) is 1. The highest BCUT2D eigenvalue weighted by Crippen LogP contribution is 2.25. The van der Waals surface area contributed by atoms with Crippen LogP contribution in [0.5, 0.6) is 0 Å². The molecule has 0 saturated carbocycles. The van der Waals surface area contributed by atoms with Gasteiger partial charge in [0.25, 0.3) is 5.91 Å². The Hall–Kier alpha value is -3.60. The highest BCUT2D eigenvalue weighted by Gasteiger charge is 2.16. The molecule has 9 heteroatoms. The van der Waals surface area contributed by atoms with Gasteiger partial charge in [0.05, 0.1) is 11.9 Å². The van der Waals surface area contributed by atoms with E-state index in [1.54, 1.807) is 42.5 Å². The predicted molar refractivity (Wildman–Crippen MR) is 113 cm³/mol. The fourth-order valence-electron chi connectivity index (χ4n) is 2.49. The molecule has 0 aliphatic rings. The van der Waals surface area contributed by atoms with Crippen molar-refractivity contribution in [1.29, 1.82) is 5.26 Å². The molecule has 0 spiro atoms. The molecule has 1 amide bonds. The average Bonchev–Trinajstić information content (AvgIpc) is 3.15. The molecule has 1 heterocycles. The summed E-state index contributed by atoms with van der Waals surface area (Å²) in [5, 5.41) is 16.7. The van der Waals surface area contributed by atoms with Crippen molar-refractivity contribution >= 4 is 47.0 Å². The maximum atomic E-state index is 12.2. The molecule has 3 rings (SSSR count). The zero-order chi connectivity index (χ0) is 21.5. The van der Waals surface area contributed by atoms with Crippen LogP contribution in [0.2, 0.25) is 10.0 Å². The van der Waals surface area contributed by atoms with Crippen LogP contribution in [0.25, 0.3) is 11.8 Å². The molecule has 2 aromatic carbocycles. The van der Waals surface area contributed by atoms with Gasteiger partial charge < -0.3 is 10.1 Å². The summed E-state index contributed by atoms with van der Waals surface area (Å²) in [7, 11) is 0. The quantitative estimate of drug-likeness (QED) is 0.456. The number of nitriles is 1. The number of aromatic nitrogens is 2. The lowest BCUT2D eigenvalue weighted by Gasteiger charge is -2.09. The average molecular weight is 441 g/mol. The van der Waals surface area contributed by atoms with E-state index in [1.165, 1.54) is 17.0 Å². The van der Waals surface area contributed by atoms with Crippen LogP contribution >= 0.6 is 23.2 Å². The molecule has 150 valence electrons. The molecule has 3 aromatic rings. The Kier molecular flexibility index (Phi) is 6.86. The largest absolute Gasteiger partial charge is 0.452 e. The summed E-state index contributed by atoms with van der Waals surface area (Å²) in [4.78, 5) is 24.2. The Morgan fingerprint density at radius 3 is 2.50 bits per heavy atom. The maximum absolute atomic E-state index is 12.2. The number of nitrogens with zero attached hydrogens (tertiary/aromatic N) is 3. The van der Waals surface area contributed by atoms with E-state index in [0.717, 1.165) is 6.08 Å². The van der Waals surface area contributed by atoms with Gasteiger partial charge in [-0.2, -0.15) is 10.4 Å². The molecule has 7 nitrogen and oxygen atoms in total. The summed E-state index contributed by atoms with van der Waals surface area (Å²) in [6, 6.07) is 15.9. The monoisotopic (exact) mass is 440 g/mol. The minimum Gasteiger partial charge on any atom is -0.452 e. The maximum Gasteiger partial charge on any atom is 0.331 e. The number of ether oxygens (including phenoxy) is 1. The zero-order valence-corrected chi connectivity index (χ0v) is 16.9. The second kappa shape index (κ2) is 9.74. The fourth-order valence-corrected chi connectivity index (χ4v) is 3.01. The van der Waals surface area contributed by atoms with Gasteiger partial charge in [0.15, 0.2) is 12.4 Å². The van der Waals surface area contributed by atoms with Crippen molar-refractivity contribution in [1.82, 2.24) is 9.78 Å². The molecule has 1 N–H and O–H groups in total. The number of hydrogen-bond acceptors (Lipinski definition) is 5. The van der Waals surface area contributed by atoms with Gasteiger partial charge in [-0.1, -0.05) is 47.5 Å². The second-order valence-corrected chi connectivity index (χ2v) is 6.70. The number of halogens is 2. The van der Waals surface area contributed by atoms with Crippen molar-refractivity contribution in [3.05, 3.63) is 82.0 Å². The predicted octanol–water partition coefficient (Wildman–Crippen LogP) is 4.25. The van der Waals surface area contributed by atoms with E-state index in [9.17, 15) is 14.9 Å². The number of anilines is 1. The third-order valence-corrected chi connectivity index (χ3v) is 4.54. The Balaban J connectivity index is 1.64. The van der Waals surface area contributed by atoms with E-state index in [4.69, 9.17) is 27.9 Å². The molecule has 0 bridgehead atoms. The lowest BCUT2D eigenvalue weighted by atomic mass is 10.2. The van der Waals surface area contributed by atoms with Crippen LogP contribution in [0.1, 0.15) is 11.1 Å². The first-order valence-corrected chi connectivity index (χ1v) is 9.37. The van der Waals surface area contributed by atoms with Crippen LogP contribution in [-0.2, 0) is 14.3 Å². The number of rotatable bonds is 6.